The summed E-state index contributed by atoms with van der Waals surface area (Å²) in [4.78, 5) is 9.63. The Labute approximate surface area is 165 Å². The highest BCUT2D eigenvalue weighted by Crippen LogP contribution is 2.45. The Balaban J connectivity index is 1.92. The molecule has 1 aromatic heterocycles. The molecule has 0 spiro atoms. The molecule has 0 saturated heterocycles. The topological polar surface area (TPSA) is 62.2 Å². The average Bonchev–Trinajstić information content (AvgIpc) is 2.77. The van der Waals surface area contributed by atoms with Crippen molar-refractivity contribution in [2.24, 2.45) is 4.99 Å². The highest BCUT2D eigenvalue weighted by atomic mass is 16.5. The summed E-state index contributed by atoms with van der Waals surface area (Å²) in [5.41, 5.74) is 4.09. The summed E-state index contributed by atoms with van der Waals surface area (Å²) in [5, 5.41) is 0. The summed E-state index contributed by atoms with van der Waals surface area (Å²) < 4.78 is 22.0. The number of methoxy groups -OCH3 is 4. The van der Waals surface area contributed by atoms with Crippen LogP contribution >= 0.6 is 0 Å². The Morgan fingerprint density at radius 2 is 1.57 bits per heavy atom. The van der Waals surface area contributed by atoms with Crippen LogP contribution in [0.1, 0.15) is 48.3 Å². The molecule has 2 heterocycles. The fourth-order valence-corrected chi connectivity index (χ4v) is 4.36. The molecule has 2 aromatic rings. The fraction of sp³-hybridized carbons (Fsp3) is 0.455. The Hall–Kier alpha value is -2.76. The van der Waals surface area contributed by atoms with E-state index >= 15 is 0 Å². The smallest absolute Gasteiger partial charge is 0.226 e. The van der Waals surface area contributed by atoms with Gasteiger partial charge >= 0.3 is 0 Å². The molecule has 28 heavy (non-hydrogen) atoms. The van der Waals surface area contributed by atoms with E-state index in [0.717, 1.165) is 35.4 Å². The summed E-state index contributed by atoms with van der Waals surface area (Å²) in [7, 11) is 6.55. The van der Waals surface area contributed by atoms with Gasteiger partial charge in [-0.05, 0) is 36.6 Å². The predicted octanol–water partition coefficient (Wildman–Crippen LogP) is 3.99. The number of hydrogen-bond acceptors (Lipinski definition) is 6. The van der Waals surface area contributed by atoms with Crippen molar-refractivity contribution in [3.63, 3.8) is 0 Å². The second kappa shape index (κ2) is 7.70. The minimum absolute atomic E-state index is 0.265. The first-order chi connectivity index (χ1) is 13.7. The van der Waals surface area contributed by atoms with Crippen LogP contribution in [0.5, 0.6) is 23.3 Å². The zero-order valence-electron chi connectivity index (χ0n) is 16.8. The number of ether oxygens (including phenoxy) is 4. The molecule has 1 aliphatic heterocycles. The lowest BCUT2D eigenvalue weighted by Crippen LogP contribution is -2.29. The zero-order valence-corrected chi connectivity index (χ0v) is 16.8. The van der Waals surface area contributed by atoms with Crippen LogP contribution < -0.4 is 18.9 Å². The van der Waals surface area contributed by atoms with Gasteiger partial charge in [0.15, 0.2) is 11.5 Å². The van der Waals surface area contributed by atoms with Gasteiger partial charge in [-0.25, -0.2) is 0 Å². The van der Waals surface area contributed by atoms with Crippen LogP contribution in [-0.2, 0) is 0 Å². The first-order valence-electron chi connectivity index (χ1n) is 9.63. The van der Waals surface area contributed by atoms with Crippen LogP contribution in [0.15, 0.2) is 29.3 Å². The summed E-state index contributed by atoms with van der Waals surface area (Å²) in [6.45, 7) is 0. The minimum Gasteiger partial charge on any atom is -0.493 e. The van der Waals surface area contributed by atoms with Crippen molar-refractivity contribution in [1.29, 1.82) is 0 Å². The van der Waals surface area contributed by atoms with Crippen molar-refractivity contribution in [2.45, 2.75) is 37.6 Å². The summed E-state index contributed by atoms with van der Waals surface area (Å²) in [6, 6.07) is 8.22. The number of aromatic nitrogens is 1. The van der Waals surface area contributed by atoms with Gasteiger partial charge in [0.2, 0.25) is 11.8 Å². The predicted molar refractivity (Wildman–Crippen MR) is 108 cm³/mol. The van der Waals surface area contributed by atoms with E-state index in [-0.39, 0.29) is 6.04 Å². The molecule has 0 bridgehead atoms. The van der Waals surface area contributed by atoms with Crippen LogP contribution in [0.4, 0.5) is 0 Å². The van der Waals surface area contributed by atoms with Gasteiger partial charge in [0, 0.05) is 17.5 Å². The molecule has 0 amide bonds. The second-order valence-corrected chi connectivity index (χ2v) is 7.14. The van der Waals surface area contributed by atoms with Crippen LogP contribution in [0.25, 0.3) is 0 Å². The Bertz CT molecular complexity index is 910. The molecule has 1 unspecified atom stereocenters. The van der Waals surface area contributed by atoms with Crippen molar-refractivity contribution < 1.29 is 18.9 Å². The van der Waals surface area contributed by atoms with Crippen molar-refractivity contribution >= 4 is 5.71 Å². The number of aliphatic imine (C=N–C) groups is 1. The highest BCUT2D eigenvalue weighted by Gasteiger charge is 2.35. The van der Waals surface area contributed by atoms with Gasteiger partial charge in [0.1, 0.15) is 0 Å². The molecule has 6 heteroatoms. The molecule has 0 N–H and O–H groups in total. The van der Waals surface area contributed by atoms with Crippen LogP contribution in [0.3, 0.4) is 0 Å². The van der Waals surface area contributed by atoms with Crippen molar-refractivity contribution in [3.8, 4) is 23.3 Å². The van der Waals surface area contributed by atoms with Crippen LogP contribution in [-0.4, -0.2) is 45.2 Å². The van der Waals surface area contributed by atoms with Crippen molar-refractivity contribution in [2.75, 3.05) is 28.4 Å². The quantitative estimate of drug-likeness (QED) is 0.782. The normalized spacial score (nSPS) is 20.5. The minimum atomic E-state index is 0.265. The number of nitrogens with zero attached hydrogens (tertiary/aromatic N) is 2. The summed E-state index contributed by atoms with van der Waals surface area (Å²) in [5.74, 6) is 2.88. The second-order valence-electron chi connectivity index (χ2n) is 7.14. The van der Waals surface area contributed by atoms with Crippen LogP contribution in [0.2, 0.25) is 0 Å². The lowest BCUT2D eigenvalue weighted by atomic mass is 9.75. The molecule has 1 aliphatic carbocycles. The Morgan fingerprint density at radius 3 is 2.29 bits per heavy atom. The lowest BCUT2D eigenvalue weighted by Gasteiger charge is -2.35. The van der Waals surface area contributed by atoms with E-state index in [9.17, 15) is 0 Å². The molecule has 4 rings (SSSR count). The van der Waals surface area contributed by atoms with E-state index in [1.165, 1.54) is 18.4 Å². The van der Waals surface area contributed by atoms with Crippen molar-refractivity contribution in [1.82, 2.24) is 4.98 Å². The van der Waals surface area contributed by atoms with E-state index in [4.69, 9.17) is 23.9 Å². The Kier molecular flexibility index (Phi) is 5.11. The average molecular weight is 382 g/mol. The first kappa shape index (κ1) is 18.6. The van der Waals surface area contributed by atoms with Gasteiger partial charge in [-0.2, -0.15) is 4.98 Å². The van der Waals surface area contributed by atoms with E-state index in [0.29, 0.717) is 23.4 Å². The van der Waals surface area contributed by atoms with Crippen LogP contribution in [0, 0.1) is 0 Å². The van der Waals surface area contributed by atoms with Gasteiger partial charge in [0.05, 0.1) is 45.8 Å². The molecule has 1 saturated carbocycles. The summed E-state index contributed by atoms with van der Waals surface area (Å²) >= 11 is 0. The van der Waals surface area contributed by atoms with E-state index in [1.807, 2.05) is 18.2 Å². The molecule has 0 radical (unpaired) electrons. The van der Waals surface area contributed by atoms with E-state index in [2.05, 4.69) is 11.1 Å². The molecular formula is C22H26N2O4. The number of hydrogen-bond donors (Lipinski definition) is 0. The first-order valence-corrected chi connectivity index (χ1v) is 9.63. The molecule has 6 nitrogen and oxygen atoms in total. The van der Waals surface area contributed by atoms with E-state index in [1.54, 1.807) is 28.4 Å². The maximum atomic E-state index is 5.58. The largest absolute Gasteiger partial charge is 0.493 e. The third-order valence-corrected chi connectivity index (χ3v) is 5.73. The summed E-state index contributed by atoms with van der Waals surface area (Å²) in [6.07, 6.45) is 4.67. The third-order valence-electron chi connectivity index (χ3n) is 5.73. The molecule has 148 valence electrons. The molecule has 1 aromatic carbocycles. The molecular weight excluding hydrogens is 356 g/mol. The number of rotatable bonds is 5. The number of pyridine rings is 1. The number of fused-ring (bicyclic) bond motifs is 3. The maximum Gasteiger partial charge on any atom is 0.226 e. The van der Waals surface area contributed by atoms with Gasteiger partial charge in [-0.15, -0.1) is 0 Å². The van der Waals surface area contributed by atoms with Gasteiger partial charge in [0.25, 0.3) is 0 Å². The van der Waals surface area contributed by atoms with Gasteiger partial charge in [-0.1, -0.05) is 12.8 Å². The van der Waals surface area contributed by atoms with Gasteiger partial charge in [-0.3, -0.25) is 4.99 Å². The van der Waals surface area contributed by atoms with Crippen molar-refractivity contribution in [3.05, 3.63) is 41.0 Å². The highest BCUT2D eigenvalue weighted by molar-refractivity contribution is 6.16. The molecule has 2 atom stereocenters. The molecule has 2 aliphatic rings. The standard InChI is InChI=1S/C22H26N2O4/c1-25-18-11-15-13-7-5-6-8-17(13)23-21(16(15)12-19(18)26-2)14-9-10-20(27-3)24-22(14)28-4/h9-13,17H,5-8H2,1-4H3/t13-,17?/m1/s1. The zero-order chi connectivity index (χ0) is 19.7. The third kappa shape index (κ3) is 3.07. The Morgan fingerprint density at radius 1 is 0.821 bits per heavy atom. The fourth-order valence-electron chi connectivity index (χ4n) is 4.36. The van der Waals surface area contributed by atoms with Gasteiger partial charge < -0.3 is 18.9 Å². The maximum absolute atomic E-state index is 5.58. The lowest BCUT2D eigenvalue weighted by molar-refractivity contribution is 0.349. The van der Waals surface area contributed by atoms with E-state index < -0.39 is 0 Å². The number of benzene rings is 1. The monoisotopic (exact) mass is 382 g/mol. The SMILES string of the molecule is COc1ccc(C2=NC3CCCC[C@@H]3c3cc(OC)c(OC)cc32)c(OC)n1. The molecule has 1 fully saturated rings.